The van der Waals surface area contributed by atoms with Crippen molar-refractivity contribution in [3.05, 3.63) is 47.0 Å². The summed E-state index contributed by atoms with van der Waals surface area (Å²) in [6, 6.07) is 2.08. The molecule has 218 valence electrons. The fraction of sp³-hybridized carbons (Fsp3) is 0.667. The number of aryl methyl sites for hydroxylation is 1. The summed E-state index contributed by atoms with van der Waals surface area (Å²) < 4.78 is 8.91. The summed E-state index contributed by atoms with van der Waals surface area (Å²) in [5.41, 5.74) is 4.06. The van der Waals surface area contributed by atoms with Crippen molar-refractivity contribution >= 4 is 27.5 Å². The molecule has 0 aliphatic carbocycles. The van der Waals surface area contributed by atoms with Crippen molar-refractivity contribution in [2.24, 2.45) is 0 Å². The van der Waals surface area contributed by atoms with Gasteiger partial charge in [-0.15, -0.1) is 17.9 Å². The molecule has 0 spiro atoms. The number of thiophene rings is 1. The topological polar surface area (TPSA) is 37.7 Å². The van der Waals surface area contributed by atoms with Crippen LogP contribution in [-0.2, 0) is 17.7 Å². The quantitative estimate of drug-likeness (QED) is 0.106. The molecule has 0 saturated carbocycles. The summed E-state index contributed by atoms with van der Waals surface area (Å²) in [5.74, 6) is 0.0959. The number of rotatable bonds is 18. The maximum absolute atomic E-state index is 12.5. The van der Waals surface area contributed by atoms with Crippen LogP contribution in [0.5, 0.6) is 0 Å². The SMILES string of the molecule is C=CCN(CCN1CCCCC1)CCn1c(C(C)/C=C\C)c(CCCCCCCC)c2sc(C(=O)OC)cc21. The summed E-state index contributed by atoms with van der Waals surface area (Å²) >= 11 is 1.62. The predicted molar refractivity (Wildman–Crippen MR) is 168 cm³/mol. The van der Waals surface area contributed by atoms with Crippen LogP contribution in [0.2, 0.25) is 0 Å². The number of likely N-dealkylation sites (tertiary alicyclic amines) is 1. The highest BCUT2D eigenvalue weighted by Gasteiger charge is 2.24. The molecule has 1 aliphatic rings. The Morgan fingerprint density at radius 2 is 1.85 bits per heavy atom. The summed E-state index contributed by atoms with van der Waals surface area (Å²) in [5, 5.41) is 0. The van der Waals surface area contributed by atoms with Crippen LogP contribution in [0.25, 0.3) is 10.2 Å². The number of hydrogen-bond acceptors (Lipinski definition) is 5. The number of piperidine rings is 1. The Morgan fingerprint density at radius 1 is 1.13 bits per heavy atom. The van der Waals surface area contributed by atoms with Crippen LogP contribution in [0.15, 0.2) is 30.9 Å². The van der Waals surface area contributed by atoms with Crippen molar-refractivity contribution in [1.29, 1.82) is 0 Å². The van der Waals surface area contributed by atoms with Gasteiger partial charge in [0.2, 0.25) is 0 Å². The number of carbonyl (C=O) groups is 1. The van der Waals surface area contributed by atoms with Gasteiger partial charge in [0.1, 0.15) is 4.88 Å². The molecule has 39 heavy (non-hydrogen) atoms. The zero-order valence-electron chi connectivity index (χ0n) is 25.2. The zero-order chi connectivity index (χ0) is 28.0. The van der Waals surface area contributed by atoms with Gasteiger partial charge >= 0.3 is 5.97 Å². The van der Waals surface area contributed by atoms with Gasteiger partial charge in [0.05, 0.1) is 17.3 Å². The summed E-state index contributed by atoms with van der Waals surface area (Å²) in [6.07, 6.45) is 19.3. The first kappa shape index (κ1) is 31.6. The molecule has 2 aromatic rings. The Balaban J connectivity index is 1.87. The molecule has 1 aliphatic heterocycles. The van der Waals surface area contributed by atoms with E-state index in [-0.39, 0.29) is 5.97 Å². The molecule has 0 aromatic carbocycles. The monoisotopic (exact) mass is 555 g/mol. The van der Waals surface area contributed by atoms with Gasteiger partial charge in [-0.2, -0.15) is 0 Å². The Labute approximate surface area is 241 Å². The lowest BCUT2D eigenvalue weighted by Crippen LogP contribution is -2.39. The first-order chi connectivity index (χ1) is 19.0. The molecular formula is C33H53N3O2S. The Hall–Kier alpha value is -1.89. The molecule has 1 saturated heterocycles. The maximum atomic E-state index is 12.5. The van der Waals surface area contributed by atoms with Crippen molar-refractivity contribution in [3.8, 4) is 0 Å². The predicted octanol–water partition coefficient (Wildman–Crippen LogP) is 8.05. The highest BCUT2D eigenvalue weighted by atomic mass is 32.1. The van der Waals surface area contributed by atoms with Crippen LogP contribution in [0, 0.1) is 0 Å². The first-order valence-electron chi connectivity index (χ1n) is 15.5. The van der Waals surface area contributed by atoms with E-state index in [2.05, 4.69) is 59.9 Å². The summed E-state index contributed by atoms with van der Waals surface area (Å²) in [4.78, 5) is 18.4. The fourth-order valence-electron chi connectivity index (χ4n) is 6.06. The number of aromatic nitrogens is 1. The van der Waals surface area contributed by atoms with Gasteiger partial charge in [-0.25, -0.2) is 4.79 Å². The lowest BCUT2D eigenvalue weighted by atomic mass is 9.98. The van der Waals surface area contributed by atoms with Crippen LogP contribution in [-0.4, -0.2) is 66.7 Å². The van der Waals surface area contributed by atoms with E-state index in [9.17, 15) is 4.79 Å². The van der Waals surface area contributed by atoms with Crippen molar-refractivity contribution in [2.45, 2.75) is 97.4 Å². The van der Waals surface area contributed by atoms with E-state index in [0.717, 1.165) is 39.1 Å². The third-order valence-corrected chi connectivity index (χ3v) is 9.33. The molecule has 2 aromatic heterocycles. The number of carbonyl (C=O) groups excluding carboxylic acids is 1. The number of ether oxygens (including phenoxy) is 1. The lowest BCUT2D eigenvalue weighted by molar-refractivity contribution is 0.0606. The molecule has 0 amide bonds. The second-order valence-electron chi connectivity index (χ2n) is 11.2. The minimum absolute atomic E-state index is 0.230. The second kappa shape index (κ2) is 17.0. The van der Waals surface area contributed by atoms with Crippen molar-refractivity contribution in [3.63, 3.8) is 0 Å². The van der Waals surface area contributed by atoms with Crippen LogP contribution in [0.4, 0.5) is 0 Å². The van der Waals surface area contributed by atoms with Gasteiger partial charge in [-0.1, -0.05) is 70.6 Å². The van der Waals surface area contributed by atoms with Crippen LogP contribution in [0.3, 0.4) is 0 Å². The number of methoxy groups -OCH3 is 1. The third-order valence-electron chi connectivity index (χ3n) is 8.16. The molecule has 1 atom stereocenters. The molecule has 0 bridgehead atoms. The highest BCUT2D eigenvalue weighted by molar-refractivity contribution is 7.21. The molecule has 1 fully saturated rings. The standard InChI is InChI=1S/C33H53N3O2S/c1-6-9-10-11-12-14-18-28-31(27(4)17-7-2)36(29-26-30(33(37)38-5)39-32(28)29)25-24-34(19-8-3)22-23-35-20-15-13-16-21-35/h7-8,17,26-27H,3,6,9-16,18-25H2,1-2,4-5H3/b17-7-. The van der Waals surface area contributed by atoms with E-state index >= 15 is 0 Å². The van der Waals surface area contributed by atoms with Gasteiger partial charge in [0, 0.05) is 44.3 Å². The molecule has 3 rings (SSSR count). The molecule has 1 unspecified atom stereocenters. The van der Waals surface area contributed by atoms with E-state index in [1.807, 2.05) is 6.08 Å². The van der Waals surface area contributed by atoms with Gasteiger partial charge in [0.15, 0.2) is 0 Å². The smallest absolute Gasteiger partial charge is 0.348 e. The lowest BCUT2D eigenvalue weighted by Gasteiger charge is -2.30. The van der Waals surface area contributed by atoms with Crippen LogP contribution in [0.1, 0.15) is 105 Å². The van der Waals surface area contributed by atoms with Crippen molar-refractivity contribution in [1.82, 2.24) is 14.4 Å². The van der Waals surface area contributed by atoms with Gasteiger partial charge < -0.3 is 14.2 Å². The largest absolute Gasteiger partial charge is 0.465 e. The van der Waals surface area contributed by atoms with E-state index < -0.39 is 0 Å². The minimum Gasteiger partial charge on any atom is -0.465 e. The number of hydrogen-bond donors (Lipinski definition) is 0. The van der Waals surface area contributed by atoms with E-state index in [1.54, 1.807) is 11.3 Å². The van der Waals surface area contributed by atoms with E-state index in [1.165, 1.54) is 99.5 Å². The first-order valence-corrected chi connectivity index (χ1v) is 16.3. The molecule has 0 N–H and O–H groups in total. The summed E-state index contributed by atoms with van der Waals surface area (Å²) in [7, 11) is 1.48. The zero-order valence-corrected chi connectivity index (χ0v) is 26.0. The van der Waals surface area contributed by atoms with E-state index in [4.69, 9.17) is 4.74 Å². The molecule has 0 radical (unpaired) electrons. The minimum atomic E-state index is -0.230. The number of unbranched alkanes of at least 4 members (excludes halogenated alkanes) is 5. The average molecular weight is 556 g/mol. The van der Waals surface area contributed by atoms with E-state index in [0.29, 0.717) is 10.8 Å². The normalized spacial score (nSPS) is 15.5. The number of esters is 1. The molecule has 3 heterocycles. The van der Waals surface area contributed by atoms with Crippen LogP contribution < -0.4 is 0 Å². The molecule has 5 nitrogen and oxygen atoms in total. The molecule has 6 heteroatoms. The Bertz CT molecular complexity index is 1050. The maximum Gasteiger partial charge on any atom is 0.348 e. The molecular weight excluding hydrogens is 502 g/mol. The van der Waals surface area contributed by atoms with Gasteiger partial charge in [-0.3, -0.25) is 4.90 Å². The number of nitrogens with zero attached hydrogens (tertiary/aromatic N) is 3. The van der Waals surface area contributed by atoms with Gasteiger partial charge in [-0.05, 0) is 57.3 Å². The Morgan fingerprint density at radius 3 is 2.54 bits per heavy atom. The van der Waals surface area contributed by atoms with Crippen molar-refractivity contribution in [2.75, 3.05) is 46.4 Å². The van der Waals surface area contributed by atoms with Gasteiger partial charge in [0.25, 0.3) is 0 Å². The van der Waals surface area contributed by atoms with Crippen LogP contribution >= 0.6 is 11.3 Å². The summed E-state index contributed by atoms with van der Waals surface area (Å²) in [6.45, 7) is 18.2. The Kier molecular flexibility index (Phi) is 13.8. The number of fused-ring (bicyclic) bond motifs is 1. The highest BCUT2D eigenvalue weighted by Crippen LogP contribution is 2.39. The third kappa shape index (κ3) is 9.06. The van der Waals surface area contributed by atoms with Crippen molar-refractivity contribution < 1.29 is 9.53 Å². The second-order valence-corrected chi connectivity index (χ2v) is 12.2. The average Bonchev–Trinajstić information content (AvgIpc) is 3.50. The fourth-order valence-corrected chi connectivity index (χ4v) is 7.22. The number of allylic oxidation sites excluding steroid dienone is 2.